The molecule has 1 N–H and O–H groups in total. The molecule has 8 heteroatoms. The van der Waals surface area contributed by atoms with Crippen LogP contribution in [-0.2, 0) is 4.74 Å². The molecule has 116 valence electrons. The Morgan fingerprint density at radius 1 is 1.36 bits per heavy atom. The number of ether oxygens (including phenoxy) is 1. The Balaban J connectivity index is 1.68. The van der Waals surface area contributed by atoms with Crippen molar-refractivity contribution in [3.05, 3.63) is 36.8 Å². The Morgan fingerprint density at radius 2 is 2.18 bits per heavy atom. The van der Waals surface area contributed by atoms with Gasteiger partial charge in [0.1, 0.15) is 12.1 Å². The summed E-state index contributed by atoms with van der Waals surface area (Å²) in [5, 5.41) is 3.13. The monoisotopic (exact) mass is 304 g/mol. The third kappa shape index (κ3) is 3.28. The molecule has 2 aromatic heterocycles. The number of aromatic nitrogens is 4. The summed E-state index contributed by atoms with van der Waals surface area (Å²) in [4.78, 5) is 18.2. The minimum absolute atomic E-state index is 0.149. The van der Waals surface area contributed by atoms with Crippen molar-refractivity contribution < 1.29 is 9.13 Å². The first kappa shape index (κ1) is 14.6. The number of halogens is 1. The van der Waals surface area contributed by atoms with Gasteiger partial charge < -0.3 is 15.0 Å². The van der Waals surface area contributed by atoms with Crippen LogP contribution in [0.15, 0.2) is 31.0 Å². The predicted octanol–water partition coefficient (Wildman–Crippen LogP) is 1.11. The van der Waals surface area contributed by atoms with Crippen LogP contribution in [0.1, 0.15) is 6.42 Å². The fraction of sp³-hybridized carbons (Fsp3) is 0.429. The lowest BCUT2D eigenvalue weighted by atomic mass is 10.2. The van der Waals surface area contributed by atoms with Gasteiger partial charge in [0.15, 0.2) is 5.82 Å². The lowest BCUT2D eigenvalue weighted by molar-refractivity contribution is 0.118. The average Bonchev–Trinajstić information content (AvgIpc) is 2.98. The normalized spacial score (nSPS) is 21.1. The van der Waals surface area contributed by atoms with Crippen molar-refractivity contribution in [2.24, 2.45) is 0 Å². The maximum absolute atomic E-state index is 12.8. The zero-order chi connectivity index (χ0) is 15.4. The minimum Gasteiger partial charge on any atom is -0.380 e. The Bertz CT molecular complexity index is 596. The van der Waals surface area contributed by atoms with E-state index in [2.05, 4.69) is 30.2 Å². The van der Waals surface area contributed by atoms with Gasteiger partial charge in [-0.3, -0.25) is 0 Å². The lowest BCUT2D eigenvalue weighted by Gasteiger charge is -2.25. The van der Waals surface area contributed by atoms with E-state index >= 15 is 0 Å². The maximum atomic E-state index is 12.8. The van der Waals surface area contributed by atoms with E-state index in [1.165, 1.54) is 6.33 Å². The van der Waals surface area contributed by atoms with Crippen LogP contribution < -0.4 is 10.2 Å². The molecule has 0 radical (unpaired) electrons. The smallest absolute Gasteiger partial charge is 0.222 e. The molecule has 0 aromatic carbocycles. The molecule has 2 aromatic rings. The maximum Gasteiger partial charge on any atom is 0.222 e. The molecule has 1 saturated heterocycles. The molecule has 0 spiro atoms. The van der Waals surface area contributed by atoms with Crippen LogP contribution in [0.4, 0.5) is 16.2 Å². The quantitative estimate of drug-likeness (QED) is 0.886. The lowest BCUT2D eigenvalue weighted by Crippen LogP contribution is -2.35. The molecular weight excluding hydrogens is 287 g/mol. The highest BCUT2D eigenvalue weighted by Crippen LogP contribution is 2.25. The van der Waals surface area contributed by atoms with Gasteiger partial charge in [-0.15, -0.1) is 0 Å². The molecular formula is C14H17FN6O. The molecule has 7 nitrogen and oxygen atoms in total. The Hall–Kier alpha value is -2.35. The molecule has 0 amide bonds. The highest BCUT2D eigenvalue weighted by molar-refractivity contribution is 5.41. The number of nitrogens with one attached hydrogen (secondary N) is 1. The third-order valence-corrected chi connectivity index (χ3v) is 3.69. The van der Waals surface area contributed by atoms with Crippen LogP contribution in [0.25, 0.3) is 0 Å². The standard InChI is InChI=1S/C14H17FN6O/c1-22-12-4-11(7-19-14-17-5-10(15)6-18-14)21(8-12)13-2-3-16-9-20-13/h2-3,5-6,9,11-12H,4,7-8H2,1H3,(H,17,18,19)/t11-,12-/m1/s1. The van der Waals surface area contributed by atoms with Gasteiger partial charge in [0.2, 0.25) is 5.95 Å². The van der Waals surface area contributed by atoms with E-state index in [0.717, 1.165) is 31.2 Å². The number of hydrogen-bond donors (Lipinski definition) is 1. The van der Waals surface area contributed by atoms with Crippen LogP contribution >= 0.6 is 0 Å². The van der Waals surface area contributed by atoms with E-state index in [4.69, 9.17) is 4.74 Å². The van der Waals surface area contributed by atoms with E-state index in [1.54, 1.807) is 13.3 Å². The summed E-state index contributed by atoms with van der Waals surface area (Å²) in [7, 11) is 1.71. The summed E-state index contributed by atoms with van der Waals surface area (Å²) in [5.41, 5.74) is 0. The minimum atomic E-state index is -0.450. The molecule has 1 aliphatic heterocycles. The summed E-state index contributed by atoms with van der Waals surface area (Å²) < 4.78 is 18.3. The summed E-state index contributed by atoms with van der Waals surface area (Å²) in [6.07, 6.45) is 6.55. The Kier molecular flexibility index (Phi) is 4.38. The van der Waals surface area contributed by atoms with Gasteiger partial charge >= 0.3 is 0 Å². The second-order valence-electron chi connectivity index (χ2n) is 5.07. The van der Waals surface area contributed by atoms with Crippen molar-refractivity contribution >= 4 is 11.8 Å². The van der Waals surface area contributed by atoms with Crippen molar-refractivity contribution in [2.45, 2.75) is 18.6 Å². The number of hydrogen-bond acceptors (Lipinski definition) is 7. The van der Waals surface area contributed by atoms with Gasteiger partial charge in [-0.05, 0) is 12.5 Å². The van der Waals surface area contributed by atoms with Crippen molar-refractivity contribution in [3.63, 3.8) is 0 Å². The van der Waals surface area contributed by atoms with Crippen molar-refractivity contribution in [1.29, 1.82) is 0 Å². The molecule has 3 rings (SSSR count). The molecule has 0 saturated carbocycles. The topological polar surface area (TPSA) is 76.1 Å². The highest BCUT2D eigenvalue weighted by atomic mass is 19.1. The largest absolute Gasteiger partial charge is 0.380 e. The van der Waals surface area contributed by atoms with E-state index in [0.29, 0.717) is 12.5 Å². The molecule has 1 aliphatic rings. The molecule has 2 atom stereocenters. The first-order valence-corrected chi connectivity index (χ1v) is 7.03. The van der Waals surface area contributed by atoms with Crippen LogP contribution in [-0.4, -0.2) is 52.3 Å². The van der Waals surface area contributed by atoms with E-state index in [9.17, 15) is 4.39 Å². The van der Waals surface area contributed by atoms with E-state index < -0.39 is 5.82 Å². The molecule has 22 heavy (non-hydrogen) atoms. The van der Waals surface area contributed by atoms with Gasteiger partial charge in [-0.2, -0.15) is 0 Å². The summed E-state index contributed by atoms with van der Waals surface area (Å²) >= 11 is 0. The van der Waals surface area contributed by atoms with Crippen LogP contribution in [0.5, 0.6) is 0 Å². The van der Waals surface area contributed by atoms with Crippen molar-refractivity contribution in [2.75, 3.05) is 30.4 Å². The van der Waals surface area contributed by atoms with Gasteiger partial charge in [0.05, 0.1) is 24.5 Å². The van der Waals surface area contributed by atoms with Crippen LogP contribution in [0.2, 0.25) is 0 Å². The van der Waals surface area contributed by atoms with Crippen molar-refractivity contribution in [1.82, 2.24) is 19.9 Å². The highest BCUT2D eigenvalue weighted by Gasteiger charge is 2.32. The van der Waals surface area contributed by atoms with E-state index in [-0.39, 0.29) is 12.1 Å². The molecule has 0 aliphatic carbocycles. The Morgan fingerprint density at radius 3 is 2.86 bits per heavy atom. The average molecular weight is 304 g/mol. The van der Waals surface area contributed by atoms with E-state index in [1.807, 2.05) is 6.07 Å². The first-order chi connectivity index (χ1) is 10.8. The molecule has 1 fully saturated rings. The molecule has 0 bridgehead atoms. The second-order valence-corrected chi connectivity index (χ2v) is 5.07. The van der Waals surface area contributed by atoms with Gasteiger partial charge in [0.25, 0.3) is 0 Å². The number of anilines is 2. The summed E-state index contributed by atoms with van der Waals surface area (Å²) in [6.45, 7) is 1.39. The zero-order valence-electron chi connectivity index (χ0n) is 12.2. The fourth-order valence-corrected chi connectivity index (χ4v) is 2.58. The fourth-order valence-electron chi connectivity index (χ4n) is 2.58. The first-order valence-electron chi connectivity index (χ1n) is 7.03. The third-order valence-electron chi connectivity index (χ3n) is 3.69. The van der Waals surface area contributed by atoms with Crippen LogP contribution in [0, 0.1) is 5.82 Å². The van der Waals surface area contributed by atoms with Gasteiger partial charge in [-0.25, -0.2) is 24.3 Å². The number of rotatable bonds is 5. The second kappa shape index (κ2) is 6.61. The molecule has 0 unspecified atom stereocenters. The zero-order valence-corrected chi connectivity index (χ0v) is 12.2. The Labute approximate surface area is 127 Å². The number of nitrogens with zero attached hydrogens (tertiary/aromatic N) is 5. The van der Waals surface area contributed by atoms with Gasteiger partial charge in [0, 0.05) is 26.4 Å². The number of methoxy groups -OCH3 is 1. The van der Waals surface area contributed by atoms with Gasteiger partial charge in [-0.1, -0.05) is 0 Å². The molecule has 3 heterocycles. The predicted molar refractivity (Wildman–Crippen MR) is 79.1 cm³/mol. The van der Waals surface area contributed by atoms with Crippen LogP contribution in [0.3, 0.4) is 0 Å². The SMILES string of the molecule is CO[C@@H]1C[C@H](CNc2ncc(F)cn2)N(c2ccncn2)C1. The summed E-state index contributed by atoms with van der Waals surface area (Å²) in [6, 6.07) is 2.06. The summed E-state index contributed by atoms with van der Waals surface area (Å²) in [5.74, 6) is 0.819. The van der Waals surface area contributed by atoms with Crippen molar-refractivity contribution in [3.8, 4) is 0 Å².